The molecule has 0 bridgehead atoms. The van der Waals surface area contributed by atoms with E-state index in [0.717, 1.165) is 6.07 Å². The number of aliphatic carboxylic acids is 1. The number of benzene rings is 1. The molecule has 1 aromatic carbocycles. The maximum atomic E-state index is 13.2. The Balaban J connectivity index is 3.37. The number of carbonyl (C=O) groups is 1. The lowest BCUT2D eigenvalue weighted by Crippen LogP contribution is -2.13. The maximum absolute atomic E-state index is 13.2. The summed E-state index contributed by atoms with van der Waals surface area (Å²) in [6, 6.07) is 2.42. The first kappa shape index (κ1) is 11.9. The van der Waals surface area contributed by atoms with Gasteiger partial charge < -0.3 is 14.9 Å². The van der Waals surface area contributed by atoms with Crippen molar-refractivity contribution in [2.75, 3.05) is 7.11 Å². The highest BCUT2D eigenvalue weighted by atomic mass is 79.9. The van der Waals surface area contributed by atoms with Gasteiger partial charge in [-0.15, -0.1) is 0 Å². The first-order valence-electron chi connectivity index (χ1n) is 3.91. The molecule has 4 nitrogen and oxygen atoms in total. The van der Waals surface area contributed by atoms with E-state index in [-0.39, 0.29) is 15.8 Å². The zero-order valence-electron chi connectivity index (χ0n) is 7.70. The summed E-state index contributed by atoms with van der Waals surface area (Å²) < 4.78 is 18.2. The Labute approximate surface area is 93.4 Å². The van der Waals surface area contributed by atoms with Crippen LogP contribution in [0.3, 0.4) is 0 Å². The van der Waals surface area contributed by atoms with Gasteiger partial charge in [-0.05, 0) is 12.1 Å². The van der Waals surface area contributed by atoms with Crippen LogP contribution in [-0.2, 0) is 4.79 Å². The molecule has 0 aliphatic rings. The van der Waals surface area contributed by atoms with Crippen LogP contribution < -0.4 is 4.74 Å². The molecule has 0 saturated carbocycles. The van der Waals surface area contributed by atoms with Crippen LogP contribution in [0.15, 0.2) is 16.6 Å². The summed E-state index contributed by atoms with van der Waals surface area (Å²) in [4.78, 5) is 10.6. The monoisotopic (exact) mass is 278 g/mol. The van der Waals surface area contributed by atoms with Crippen LogP contribution in [0.4, 0.5) is 4.39 Å². The Kier molecular flexibility index (Phi) is 3.65. The first-order chi connectivity index (χ1) is 6.99. The van der Waals surface area contributed by atoms with Crippen molar-refractivity contribution < 1.29 is 24.1 Å². The van der Waals surface area contributed by atoms with Crippen LogP contribution >= 0.6 is 15.9 Å². The molecular weight excluding hydrogens is 271 g/mol. The molecule has 82 valence electrons. The minimum absolute atomic E-state index is 0.134. The van der Waals surface area contributed by atoms with Gasteiger partial charge in [0.25, 0.3) is 0 Å². The number of methoxy groups -OCH3 is 1. The standard InChI is InChI=1S/C9H8BrFO4/c1-15-8-5(11)3-2-4(10)6(8)7(12)9(13)14/h2-3,7,12H,1H3,(H,13,14). The third kappa shape index (κ3) is 2.27. The lowest BCUT2D eigenvalue weighted by Gasteiger charge is -2.13. The zero-order valence-corrected chi connectivity index (χ0v) is 9.28. The Bertz CT molecular complexity index is 394. The number of ether oxygens (including phenoxy) is 1. The van der Waals surface area contributed by atoms with E-state index in [0.29, 0.717) is 0 Å². The van der Waals surface area contributed by atoms with Crippen molar-refractivity contribution in [3.05, 3.63) is 28.0 Å². The Morgan fingerprint density at radius 1 is 1.60 bits per heavy atom. The van der Waals surface area contributed by atoms with Crippen LogP contribution in [0.1, 0.15) is 11.7 Å². The van der Waals surface area contributed by atoms with Crippen LogP contribution in [-0.4, -0.2) is 23.3 Å². The van der Waals surface area contributed by atoms with E-state index in [1.807, 2.05) is 0 Å². The summed E-state index contributed by atoms with van der Waals surface area (Å²) in [5.74, 6) is -2.48. The highest BCUT2D eigenvalue weighted by Gasteiger charge is 2.25. The Morgan fingerprint density at radius 3 is 2.67 bits per heavy atom. The van der Waals surface area contributed by atoms with E-state index in [9.17, 15) is 14.3 Å². The van der Waals surface area contributed by atoms with Gasteiger partial charge >= 0.3 is 5.97 Å². The summed E-state index contributed by atoms with van der Waals surface area (Å²) in [6.07, 6.45) is -1.83. The largest absolute Gasteiger partial charge is 0.493 e. The highest BCUT2D eigenvalue weighted by molar-refractivity contribution is 9.10. The number of hydrogen-bond donors (Lipinski definition) is 2. The predicted octanol–water partition coefficient (Wildman–Crippen LogP) is 1.71. The molecule has 6 heteroatoms. The van der Waals surface area contributed by atoms with Crippen LogP contribution in [0, 0.1) is 5.82 Å². The molecule has 0 spiro atoms. The van der Waals surface area contributed by atoms with E-state index in [4.69, 9.17) is 9.84 Å². The normalized spacial score (nSPS) is 12.3. The second kappa shape index (κ2) is 4.59. The third-order valence-corrected chi connectivity index (χ3v) is 2.50. The molecule has 0 fully saturated rings. The molecule has 0 heterocycles. The molecule has 1 unspecified atom stereocenters. The van der Waals surface area contributed by atoms with Gasteiger partial charge in [-0.3, -0.25) is 0 Å². The second-order valence-corrected chi connectivity index (χ2v) is 3.57. The number of rotatable bonds is 3. The van der Waals surface area contributed by atoms with Crippen molar-refractivity contribution in [2.24, 2.45) is 0 Å². The van der Waals surface area contributed by atoms with Gasteiger partial charge in [0.15, 0.2) is 17.7 Å². The van der Waals surface area contributed by atoms with Gasteiger partial charge in [0.1, 0.15) is 0 Å². The van der Waals surface area contributed by atoms with Gasteiger partial charge in [-0.2, -0.15) is 0 Å². The van der Waals surface area contributed by atoms with Crippen molar-refractivity contribution in [3.63, 3.8) is 0 Å². The molecule has 0 saturated heterocycles. The summed E-state index contributed by atoms with van der Waals surface area (Å²) >= 11 is 3.02. The second-order valence-electron chi connectivity index (χ2n) is 2.72. The summed E-state index contributed by atoms with van der Waals surface area (Å²) in [6.45, 7) is 0. The predicted molar refractivity (Wildman–Crippen MR) is 53.2 cm³/mol. The Morgan fingerprint density at radius 2 is 2.20 bits per heavy atom. The smallest absolute Gasteiger partial charge is 0.337 e. The van der Waals surface area contributed by atoms with Gasteiger partial charge in [0, 0.05) is 4.47 Å². The molecule has 0 radical (unpaired) electrons. The molecule has 0 aliphatic carbocycles. The molecule has 15 heavy (non-hydrogen) atoms. The molecule has 2 N–H and O–H groups in total. The molecule has 1 aromatic rings. The number of carboxylic acids is 1. The minimum atomic E-state index is -1.83. The van der Waals surface area contributed by atoms with Gasteiger partial charge in [-0.1, -0.05) is 15.9 Å². The van der Waals surface area contributed by atoms with Crippen molar-refractivity contribution in [1.29, 1.82) is 0 Å². The van der Waals surface area contributed by atoms with E-state index < -0.39 is 17.9 Å². The average molecular weight is 279 g/mol. The lowest BCUT2D eigenvalue weighted by atomic mass is 10.1. The van der Waals surface area contributed by atoms with Crippen LogP contribution in [0.5, 0.6) is 5.75 Å². The number of aliphatic hydroxyl groups excluding tert-OH is 1. The summed E-state index contributed by atoms with van der Waals surface area (Å²) in [5, 5.41) is 18.0. The fraction of sp³-hybridized carbons (Fsp3) is 0.222. The fourth-order valence-corrected chi connectivity index (χ4v) is 1.66. The molecular formula is C9H8BrFO4. The van der Waals surface area contributed by atoms with E-state index in [1.165, 1.54) is 13.2 Å². The topological polar surface area (TPSA) is 66.8 Å². The van der Waals surface area contributed by atoms with E-state index in [1.54, 1.807) is 0 Å². The van der Waals surface area contributed by atoms with Crippen molar-refractivity contribution in [2.45, 2.75) is 6.10 Å². The molecule has 0 aliphatic heterocycles. The van der Waals surface area contributed by atoms with Crippen LogP contribution in [0.25, 0.3) is 0 Å². The third-order valence-electron chi connectivity index (χ3n) is 1.81. The SMILES string of the molecule is COc1c(F)ccc(Br)c1C(O)C(=O)O. The first-order valence-corrected chi connectivity index (χ1v) is 4.71. The van der Waals surface area contributed by atoms with Crippen molar-refractivity contribution in [1.82, 2.24) is 0 Å². The minimum Gasteiger partial charge on any atom is -0.493 e. The molecule has 1 atom stereocenters. The molecule has 0 aromatic heterocycles. The lowest BCUT2D eigenvalue weighted by molar-refractivity contribution is -0.147. The van der Waals surface area contributed by atoms with E-state index in [2.05, 4.69) is 15.9 Å². The van der Waals surface area contributed by atoms with Crippen molar-refractivity contribution in [3.8, 4) is 5.75 Å². The molecule has 0 amide bonds. The highest BCUT2D eigenvalue weighted by Crippen LogP contribution is 2.34. The molecule has 1 rings (SSSR count). The van der Waals surface area contributed by atoms with Crippen molar-refractivity contribution >= 4 is 21.9 Å². The number of halogens is 2. The fourth-order valence-electron chi connectivity index (χ4n) is 1.13. The van der Waals surface area contributed by atoms with E-state index >= 15 is 0 Å². The average Bonchev–Trinajstić information content (AvgIpc) is 2.19. The number of hydrogen-bond acceptors (Lipinski definition) is 3. The zero-order chi connectivity index (χ0) is 11.6. The van der Waals surface area contributed by atoms with Gasteiger partial charge in [0.2, 0.25) is 0 Å². The maximum Gasteiger partial charge on any atom is 0.337 e. The van der Waals surface area contributed by atoms with Gasteiger partial charge in [-0.25, -0.2) is 9.18 Å². The Hall–Kier alpha value is -1.14. The van der Waals surface area contributed by atoms with Crippen LogP contribution in [0.2, 0.25) is 0 Å². The number of aliphatic hydroxyl groups is 1. The summed E-state index contributed by atoms with van der Waals surface area (Å²) in [5.41, 5.74) is -0.134. The summed E-state index contributed by atoms with van der Waals surface area (Å²) in [7, 11) is 1.20. The number of carboxylic acid groups (broad SMARTS) is 1. The van der Waals surface area contributed by atoms with Gasteiger partial charge in [0.05, 0.1) is 12.7 Å². The quantitative estimate of drug-likeness (QED) is 0.884.